The van der Waals surface area contributed by atoms with Crippen LogP contribution in [0.1, 0.15) is 27.2 Å². The summed E-state index contributed by atoms with van der Waals surface area (Å²) in [6, 6.07) is 0. The minimum absolute atomic E-state index is 0. The van der Waals surface area contributed by atoms with E-state index in [1.165, 1.54) is 0 Å². The van der Waals surface area contributed by atoms with E-state index in [0.29, 0.717) is 25.9 Å². The first-order valence-electron chi connectivity index (χ1n) is 6.17. The Labute approximate surface area is 110 Å². The summed E-state index contributed by atoms with van der Waals surface area (Å²) in [5.74, 6) is 0. The van der Waals surface area contributed by atoms with Crippen molar-refractivity contribution in [1.29, 1.82) is 0 Å². The summed E-state index contributed by atoms with van der Waals surface area (Å²) in [5.41, 5.74) is 0.0941. The van der Waals surface area contributed by atoms with Crippen LogP contribution in [0.25, 0.3) is 0 Å². The van der Waals surface area contributed by atoms with Gasteiger partial charge in [-0.25, -0.2) is 0 Å². The minimum atomic E-state index is -2.20. The highest BCUT2D eigenvalue weighted by atomic mass is 28.4. The van der Waals surface area contributed by atoms with E-state index in [9.17, 15) is 0 Å². The molecule has 17 heavy (non-hydrogen) atoms. The summed E-state index contributed by atoms with van der Waals surface area (Å²) in [5, 5.41) is 0. The number of hydrogen-bond donors (Lipinski definition) is 0. The molecule has 0 aromatic heterocycles. The molecule has 1 heterocycles. The summed E-state index contributed by atoms with van der Waals surface area (Å²) in [6.45, 7) is 11.1. The van der Waals surface area contributed by atoms with E-state index < -0.39 is 8.56 Å². The highest BCUT2D eigenvalue weighted by Crippen LogP contribution is 2.20. The standard InChI is InChI=1S/C11H24O4Si.H4Si/c1-5-11(13-9-10-8-12-10)16(4,14-6-2)15-7-3;/h10-11H,5-9H2,1-4H3;1H4. The predicted molar refractivity (Wildman–Crippen MR) is 76.0 cm³/mol. The lowest BCUT2D eigenvalue weighted by Gasteiger charge is -2.33. The van der Waals surface area contributed by atoms with Crippen LogP contribution in [0.5, 0.6) is 0 Å². The summed E-state index contributed by atoms with van der Waals surface area (Å²) >= 11 is 0. The minimum Gasteiger partial charge on any atom is -0.393 e. The number of ether oxygens (including phenoxy) is 2. The monoisotopic (exact) mass is 280 g/mol. The second-order valence-electron chi connectivity index (χ2n) is 4.07. The molecule has 0 spiro atoms. The first-order valence-corrected chi connectivity index (χ1v) is 8.56. The van der Waals surface area contributed by atoms with E-state index >= 15 is 0 Å². The topological polar surface area (TPSA) is 40.2 Å². The van der Waals surface area contributed by atoms with E-state index in [1.54, 1.807) is 0 Å². The normalized spacial score (nSPS) is 20.8. The van der Waals surface area contributed by atoms with Crippen LogP contribution in [-0.2, 0) is 18.3 Å². The molecular weight excluding hydrogens is 252 g/mol. The Bertz CT molecular complexity index is 194. The van der Waals surface area contributed by atoms with E-state index in [0.717, 1.165) is 13.0 Å². The zero-order valence-corrected chi connectivity index (χ0v) is 11.8. The molecule has 0 aromatic carbocycles. The molecule has 0 bridgehead atoms. The van der Waals surface area contributed by atoms with Crippen LogP contribution in [0.3, 0.4) is 0 Å². The Morgan fingerprint density at radius 1 is 1.24 bits per heavy atom. The molecular formula is C11H28O4Si2. The third-order valence-electron chi connectivity index (χ3n) is 2.70. The number of epoxide rings is 1. The lowest BCUT2D eigenvalue weighted by atomic mass is 10.5. The second-order valence-corrected chi connectivity index (χ2v) is 7.32. The Morgan fingerprint density at radius 2 is 1.76 bits per heavy atom. The molecule has 6 heteroatoms. The van der Waals surface area contributed by atoms with Gasteiger partial charge < -0.3 is 18.3 Å². The molecule has 1 aliphatic rings. The van der Waals surface area contributed by atoms with Crippen LogP contribution in [0.2, 0.25) is 6.55 Å². The summed E-state index contributed by atoms with van der Waals surface area (Å²) < 4.78 is 22.7. The first kappa shape index (κ1) is 17.3. The molecule has 0 aromatic rings. The van der Waals surface area contributed by atoms with Gasteiger partial charge in [-0.3, -0.25) is 0 Å². The van der Waals surface area contributed by atoms with Gasteiger partial charge in [0.05, 0.1) is 13.2 Å². The van der Waals surface area contributed by atoms with Crippen LogP contribution in [0.15, 0.2) is 0 Å². The Morgan fingerprint density at radius 3 is 2.12 bits per heavy atom. The molecule has 4 nitrogen and oxygen atoms in total. The number of hydrogen-bond acceptors (Lipinski definition) is 4. The third-order valence-corrected chi connectivity index (χ3v) is 6.17. The van der Waals surface area contributed by atoms with Crippen molar-refractivity contribution in [2.45, 2.75) is 45.6 Å². The summed E-state index contributed by atoms with van der Waals surface area (Å²) in [7, 11) is -2.20. The molecule has 1 fully saturated rings. The van der Waals surface area contributed by atoms with E-state index in [1.807, 2.05) is 13.8 Å². The van der Waals surface area contributed by atoms with E-state index in [2.05, 4.69) is 13.5 Å². The molecule has 1 saturated heterocycles. The molecule has 0 amide bonds. The van der Waals surface area contributed by atoms with Gasteiger partial charge in [-0.2, -0.15) is 0 Å². The zero-order chi connectivity index (χ0) is 12.0. The molecule has 1 rings (SSSR count). The third kappa shape index (κ3) is 5.63. The van der Waals surface area contributed by atoms with Gasteiger partial charge in [0, 0.05) is 13.2 Å². The van der Waals surface area contributed by atoms with Gasteiger partial charge in [0.25, 0.3) is 0 Å². The lowest BCUT2D eigenvalue weighted by Crippen LogP contribution is -2.52. The van der Waals surface area contributed by atoms with Crippen LogP contribution in [-0.4, -0.2) is 57.8 Å². The van der Waals surface area contributed by atoms with Crippen LogP contribution < -0.4 is 0 Å². The van der Waals surface area contributed by atoms with Gasteiger partial charge in [0.1, 0.15) is 11.8 Å². The van der Waals surface area contributed by atoms with Crippen molar-refractivity contribution < 1.29 is 18.3 Å². The zero-order valence-electron chi connectivity index (χ0n) is 10.8. The van der Waals surface area contributed by atoms with Gasteiger partial charge >= 0.3 is 8.56 Å². The van der Waals surface area contributed by atoms with E-state index in [4.69, 9.17) is 18.3 Å². The van der Waals surface area contributed by atoms with Crippen LogP contribution in [0, 0.1) is 0 Å². The van der Waals surface area contributed by atoms with Gasteiger partial charge in [-0.1, -0.05) is 6.92 Å². The molecule has 0 radical (unpaired) electrons. The molecule has 0 saturated carbocycles. The van der Waals surface area contributed by atoms with Gasteiger partial charge in [-0.05, 0) is 37.8 Å². The smallest absolute Gasteiger partial charge is 0.364 e. The van der Waals surface area contributed by atoms with Crippen molar-refractivity contribution in [2.75, 3.05) is 26.4 Å². The largest absolute Gasteiger partial charge is 0.393 e. The van der Waals surface area contributed by atoms with Crippen molar-refractivity contribution in [3.8, 4) is 0 Å². The van der Waals surface area contributed by atoms with Gasteiger partial charge in [-0.15, -0.1) is 0 Å². The first-order chi connectivity index (χ1) is 7.66. The van der Waals surface area contributed by atoms with Crippen LogP contribution in [0.4, 0.5) is 0 Å². The maximum atomic E-state index is 5.87. The van der Waals surface area contributed by atoms with Crippen LogP contribution >= 0.6 is 0 Å². The Balaban J connectivity index is 0.00000256. The fourth-order valence-electron chi connectivity index (χ4n) is 1.83. The predicted octanol–water partition coefficient (Wildman–Crippen LogP) is 0.413. The van der Waals surface area contributed by atoms with Gasteiger partial charge in [0.15, 0.2) is 0 Å². The molecule has 0 aliphatic carbocycles. The maximum absolute atomic E-state index is 5.87. The van der Waals surface area contributed by atoms with Crippen molar-refractivity contribution in [1.82, 2.24) is 0 Å². The number of rotatable bonds is 9. The van der Waals surface area contributed by atoms with Crippen molar-refractivity contribution >= 4 is 19.5 Å². The summed E-state index contributed by atoms with van der Waals surface area (Å²) in [6.07, 6.45) is 1.23. The fraction of sp³-hybridized carbons (Fsp3) is 1.00. The van der Waals surface area contributed by atoms with Gasteiger partial charge in [0.2, 0.25) is 0 Å². The quantitative estimate of drug-likeness (QED) is 0.453. The maximum Gasteiger partial charge on any atom is 0.364 e. The van der Waals surface area contributed by atoms with Crippen molar-refractivity contribution in [3.05, 3.63) is 0 Å². The second kappa shape index (κ2) is 8.39. The Kier molecular flexibility index (Phi) is 8.52. The SMILES string of the molecule is CCO[Si](C)(OCC)C(CC)OCC1CO1.[SiH4]. The highest BCUT2D eigenvalue weighted by Gasteiger charge is 2.41. The molecule has 0 N–H and O–H groups in total. The average molecular weight is 281 g/mol. The fourth-order valence-corrected chi connectivity index (χ4v) is 4.57. The molecule has 1 aliphatic heterocycles. The molecule has 104 valence electrons. The Hall–Kier alpha value is 0.274. The molecule has 2 atom stereocenters. The lowest BCUT2D eigenvalue weighted by molar-refractivity contribution is 0.0390. The average Bonchev–Trinajstić information content (AvgIpc) is 3.03. The highest BCUT2D eigenvalue weighted by molar-refractivity contribution is 6.67. The van der Waals surface area contributed by atoms with E-state index in [-0.39, 0.29) is 16.7 Å². The van der Waals surface area contributed by atoms with Crippen molar-refractivity contribution in [2.24, 2.45) is 0 Å². The molecule has 2 unspecified atom stereocenters. The van der Waals surface area contributed by atoms with Crippen molar-refractivity contribution in [3.63, 3.8) is 0 Å². The summed E-state index contributed by atoms with van der Waals surface area (Å²) in [4.78, 5) is 0.